The summed E-state index contributed by atoms with van der Waals surface area (Å²) in [5.41, 5.74) is 10.7. The number of nitrogens with zero attached hydrogens (tertiary/aromatic N) is 4. The summed E-state index contributed by atoms with van der Waals surface area (Å²) in [7, 11) is 0. The quantitative estimate of drug-likeness (QED) is 0.155. The normalized spacial score (nSPS) is 12.8. The molecule has 0 aliphatic heterocycles. The van der Waals surface area contributed by atoms with Gasteiger partial charge in [-0.2, -0.15) is 0 Å². The van der Waals surface area contributed by atoms with Crippen LogP contribution in [-0.4, -0.2) is 19.5 Å². The van der Waals surface area contributed by atoms with Gasteiger partial charge in [0.25, 0.3) is 0 Å². The van der Waals surface area contributed by atoms with Crippen LogP contribution in [0.4, 0.5) is 0 Å². The highest BCUT2D eigenvalue weighted by molar-refractivity contribution is 6.10. The minimum absolute atomic E-state index is 0.144. The Hall–Kier alpha value is -7.63. The van der Waals surface area contributed by atoms with Crippen molar-refractivity contribution in [3.05, 3.63) is 217 Å². The molecular weight excluding hydrogens is 709 g/mol. The van der Waals surface area contributed by atoms with E-state index >= 15 is 0 Å². The lowest BCUT2D eigenvalue weighted by molar-refractivity contribution is 0.668. The molecule has 0 fully saturated rings. The lowest BCUT2D eigenvalue weighted by atomic mass is 9.99. The van der Waals surface area contributed by atoms with Gasteiger partial charge in [0.1, 0.15) is 17.0 Å². The van der Waals surface area contributed by atoms with Crippen molar-refractivity contribution in [3.8, 4) is 39.6 Å². The van der Waals surface area contributed by atoms with Crippen LogP contribution >= 0.6 is 0 Å². The van der Waals surface area contributed by atoms with Gasteiger partial charge in [0.15, 0.2) is 11.6 Å². The first-order valence-corrected chi connectivity index (χ1v) is 19.3. The highest BCUT2D eigenvalue weighted by Gasteiger charge is 2.17. The van der Waals surface area contributed by atoms with Gasteiger partial charge in [-0.3, -0.25) is 0 Å². The van der Waals surface area contributed by atoms with Crippen molar-refractivity contribution in [2.24, 2.45) is 0 Å². The molecule has 3 aromatic heterocycles. The average Bonchev–Trinajstić information content (AvgIpc) is 3.87. The largest absolute Gasteiger partial charge is 0.456 e. The van der Waals surface area contributed by atoms with E-state index in [1.165, 1.54) is 32.9 Å². The summed E-state index contributed by atoms with van der Waals surface area (Å²) in [6.07, 6.45) is 1.16. The lowest BCUT2D eigenvalue weighted by Gasteiger charge is -2.10. The van der Waals surface area contributed by atoms with Crippen molar-refractivity contribution in [1.29, 1.82) is 0 Å². The topological polar surface area (TPSA) is 56.7 Å². The molecule has 8 aromatic carbocycles. The number of rotatable bonds is 8. The first-order valence-electron chi connectivity index (χ1n) is 21.8. The van der Waals surface area contributed by atoms with Crippen LogP contribution in [0.25, 0.3) is 83.3 Å². The van der Waals surface area contributed by atoms with Crippen LogP contribution in [0, 0.1) is 0 Å². The molecule has 0 radical (unpaired) electrons. The molecule has 5 heteroatoms. The van der Waals surface area contributed by atoms with E-state index in [0.29, 0.717) is 35.0 Å². The Morgan fingerprint density at radius 2 is 1.12 bits per heavy atom. The summed E-state index contributed by atoms with van der Waals surface area (Å²) in [6, 6.07) is 53.7. The maximum absolute atomic E-state index is 8.47. The second-order valence-electron chi connectivity index (χ2n) is 14.5. The average molecular weight is 750 g/mol. The SMILES string of the molecule is [2H]c1c([2H])c([2H])c(-c2ccc(-c3nc(Cc4cccc5oc6ccc(Cc7ccc8c(c7)c7ccccc7n8-c7ccccc7)cc6c45)nc(-c4ccccc4)n3)cc2)c([2H])c1[2H]. The molecule has 0 spiro atoms. The Morgan fingerprint density at radius 3 is 1.91 bits per heavy atom. The van der Waals surface area contributed by atoms with Crippen LogP contribution in [0.2, 0.25) is 0 Å². The second-order valence-corrected chi connectivity index (χ2v) is 14.5. The van der Waals surface area contributed by atoms with Gasteiger partial charge in [-0.05, 0) is 82.8 Å². The summed E-state index contributed by atoms with van der Waals surface area (Å²) in [6.45, 7) is 0. The van der Waals surface area contributed by atoms with Crippen LogP contribution in [0.5, 0.6) is 0 Å². The van der Waals surface area contributed by atoms with Gasteiger partial charge in [-0.1, -0.05) is 145 Å². The predicted molar refractivity (Wildman–Crippen MR) is 236 cm³/mol. The first-order chi connectivity index (χ1) is 30.8. The molecule has 0 bridgehead atoms. The van der Waals surface area contributed by atoms with Crippen LogP contribution in [0.1, 0.15) is 29.4 Å². The standard InChI is InChI=1S/C53H36N4O/c1-4-13-37(14-5-1)38-25-27-40(28-26-38)53-55-50(54-52(56-53)39-15-6-2-7-16-39)34-41-17-12-22-49-51(41)45-33-36(24-30-48(45)58-49)31-35-23-29-47-44(32-35)43-20-10-11-21-46(43)57(47)42-18-8-3-9-19-42/h1-30,32-33H,31,34H2/i1D,4D,5D,13D,14D. The molecule has 11 rings (SSSR count). The van der Waals surface area contributed by atoms with Crippen molar-refractivity contribution in [3.63, 3.8) is 0 Å². The summed E-state index contributed by atoms with van der Waals surface area (Å²) in [4.78, 5) is 14.9. The number of aromatic nitrogens is 4. The molecule has 0 aliphatic rings. The summed E-state index contributed by atoms with van der Waals surface area (Å²) >= 11 is 0. The van der Waals surface area contributed by atoms with Crippen LogP contribution < -0.4 is 0 Å². The van der Waals surface area contributed by atoms with E-state index in [2.05, 4.69) is 95.6 Å². The predicted octanol–water partition coefficient (Wildman–Crippen LogP) is 13.1. The molecule has 0 aliphatic carbocycles. The zero-order chi connectivity index (χ0) is 42.8. The van der Waals surface area contributed by atoms with E-state index in [1.807, 2.05) is 60.7 Å². The highest BCUT2D eigenvalue weighted by Crippen LogP contribution is 2.36. The minimum atomic E-state index is -0.422. The third kappa shape index (κ3) is 6.10. The number of fused-ring (bicyclic) bond motifs is 6. The number of para-hydroxylation sites is 2. The highest BCUT2D eigenvalue weighted by atomic mass is 16.3. The van der Waals surface area contributed by atoms with E-state index in [4.69, 9.17) is 26.2 Å². The second kappa shape index (κ2) is 14.1. The van der Waals surface area contributed by atoms with Crippen LogP contribution in [0.15, 0.2) is 198 Å². The van der Waals surface area contributed by atoms with Crippen molar-refractivity contribution < 1.29 is 11.3 Å². The number of benzene rings is 8. The van der Waals surface area contributed by atoms with E-state index < -0.39 is 6.04 Å². The molecule has 0 amide bonds. The zero-order valence-electron chi connectivity index (χ0n) is 36.2. The zero-order valence-corrected chi connectivity index (χ0v) is 31.2. The Labute approximate surface area is 342 Å². The molecule has 0 N–H and O–H groups in total. The number of hydrogen-bond donors (Lipinski definition) is 0. The fourth-order valence-corrected chi connectivity index (χ4v) is 8.12. The van der Waals surface area contributed by atoms with E-state index in [9.17, 15) is 0 Å². The lowest BCUT2D eigenvalue weighted by Crippen LogP contribution is -2.04. The summed E-state index contributed by atoms with van der Waals surface area (Å²) < 4.78 is 50.0. The van der Waals surface area contributed by atoms with Crippen LogP contribution in [-0.2, 0) is 12.8 Å². The Balaban J connectivity index is 0.959. The smallest absolute Gasteiger partial charge is 0.163 e. The van der Waals surface area contributed by atoms with Gasteiger partial charge >= 0.3 is 0 Å². The molecule has 58 heavy (non-hydrogen) atoms. The van der Waals surface area contributed by atoms with Crippen molar-refractivity contribution in [2.75, 3.05) is 0 Å². The van der Waals surface area contributed by atoms with Crippen molar-refractivity contribution in [1.82, 2.24) is 19.5 Å². The molecular formula is C53H36N4O. The maximum atomic E-state index is 8.47. The Bertz CT molecular complexity index is 3540. The summed E-state index contributed by atoms with van der Waals surface area (Å²) in [5, 5.41) is 4.49. The van der Waals surface area contributed by atoms with Gasteiger partial charge < -0.3 is 8.98 Å². The van der Waals surface area contributed by atoms with Gasteiger partial charge in [-0.15, -0.1) is 0 Å². The van der Waals surface area contributed by atoms with Gasteiger partial charge in [0.2, 0.25) is 0 Å². The molecule has 0 unspecified atom stereocenters. The molecule has 3 heterocycles. The van der Waals surface area contributed by atoms with Gasteiger partial charge in [-0.25, -0.2) is 15.0 Å². The minimum Gasteiger partial charge on any atom is -0.456 e. The van der Waals surface area contributed by atoms with Gasteiger partial charge in [0, 0.05) is 44.8 Å². The Morgan fingerprint density at radius 1 is 0.466 bits per heavy atom. The molecule has 0 saturated heterocycles. The first kappa shape index (κ1) is 28.7. The number of furan rings is 1. The molecule has 0 atom stereocenters. The van der Waals surface area contributed by atoms with Gasteiger partial charge in [0.05, 0.1) is 17.9 Å². The molecule has 11 aromatic rings. The van der Waals surface area contributed by atoms with Crippen molar-refractivity contribution >= 4 is 43.7 Å². The van der Waals surface area contributed by atoms with E-state index in [-0.39, 0.29) is 29.7 Å². The third-order valence-electron chi connectivity index (χ3n) is 10.8. The number of hydrogen-bond acceptors (Lipinski definition) is 4. The third-order valence-corrected chi connectivity index (χ3v) is 10.8. The molecule has 0 saturated carbocycles. The summed E-state index contributed by atoms with van der Waals surface area (Å²) in [5.74, 6) is 1.57. The Kier molecular flexibility index (Phi) is 7.01. The van der Waals surface area contributed by atoms with Crippen molar-refractivity contribution in [2.45, 2.75) is 12.8 Å². The van der Waals surface area contributed by atoms with E-state index in [0.717, 1.165) is 45.2 Å². The fourth-order valence-electron chi connectivity index (χ4n) is 8.12. The maximum Gasteiger partial charge on any atom is 0.163 e. The monoisotopic (exact) mass is 749 g/mol. The molecule has 274 valence electrons. The molecule has 5 nitrogen and oxygen atoms in total. The van der Waals surface area contributed by atoms with E-state index in [1.54, 1.807) is 12.1 Å². The fraction of sp³-hybridized carbons (Fsp3) is 0.0377. The van der Waals surface area contributed by atoms with Crippen LogP contribution in [0.3, 0.4) is 0 Å².